The largest absolute Gasteiger partial charge is 0.393 e. The van der Waals surface area contributed by atoms with Crippen LogP contribution in [-0.2, 0) is 4.79 Å². The zero-order valence-electron chi connectivity index (χ0n) is 23.4. The molecule has 0 radical (unpaired) electrons. The molecule has 4 heteroatoms. The Bertz CT molecular complexity index is 975. The molecule has 0 aromatic rings. The van der Waals surface area contributed by atoms with Crippen LogP contribution < -0.4 is 0 Å². The van der Waals surface area contributed by atoms with E-state index in [-0.39, 0.29) is 23.0 Å². The molecule has 0 aliphatic heterocycles. The van der Waals surface area contributed by atoms with E-state index in [4.69, 9.17) is 0 Å². The van der Waals surface area contributed by atoms with E-state index in [1.807, 2.05) is 6.08 Å². The summed E-state index contributed by atoms with van der Waals surface area (Å²) in [6.07, 6.45) is 5.98. The van der Waals surface area contributed by atoms with Crippen LogP contribution in [0.3, 0.4) is 0 Å². The van der Waals surface area contributed by atoms with Crippen LogP contribution in [0.2, 0.25) is 16.6 Å². The molecule has 4 rings (SSSR count). The number of hydrogen-bond donors (Lipinski definition) is 2. The smallest absolute Gasteiger partial charge is 0.155 e. The predicted molar refractivity (Wildman–Crippen MR) is 146 cm³/mol. The Labute approximate surface area is 214 Å². The highest BCUT2D eigenvalue weighted by molar-refractivity contribution is 6.90. The van der Waals surface area contributed by atoms with Crippen molar-refractivity contribution in [1.29, 1.82) is 0 Å². The summed E-state index contributed by atoms with van der Waals surface area (Å²) in [4.78, 5) is 12.2. The van der Waals surface area contributed by atoms with Crippen LogP contribution in [-0.4, -0.2) is 35.8 Å². The highest BCUT2D eigenvalue weighted by atomic mass is 28.3. The SMILES string of the molecule is C=C1C[C@H]2[C@@H]3CCC4=CC(=O)CC[C@]4(C)[C@H]3[C@@H](O)C[C@]2(C)[C@]1(O)C#C[Si](C(C)C)(C(C)C)C(C)C. The number of ketones is 1. The molecular weight excluding hydrogens is 448 g/mol. The van der Waals surface area contributed by atoms with Crippen molar-refractivity contribution in [3.63, 3.8) is 0 Å². The third-order valence-electron chi connectivity index (χ3n) is 11.4. The first-order valence-electron chi connectivity index (χ1n) is 14.0. The quantitative estimate of drug-likeness (QED) is 0.263. The molecule has 4 aliphatic rings. The average molecular weight is 497 g/mol. The van der Waals surface area contributed by atoms with E-state index in [0.29, 0.717) is 35.4 Å². The lowest BCUT2D eigenvalue weighted by Gasteiger charge is -2.60. The number of aliphatic hydroxyl groups excluding tert-OH is 1. The van der Waals surface area contributed by atoms with Gasteiger partial charge in [0.05, 0.1) is 6.10 Å². The maximum atomic E-state index is 12.3. The summed E-state index contributed by atoms with van der Waals surface area (Å²) < 4.78 is 0. The highest BCUT2D eigenvalue weighted by Gasteiger charge is 2.67. The highest BCUT2D eigenvalue weighted by Crippen LogP contribution is 2.68. The van der Waals surface area contributed by atoms with Gasteiger partial charge < -0.3 is 10.2 Å². The van der Waals surface area contributed by atoms with E-state index in [0.717, 1.165) is 31.3 Å². The van der Waals surface area contributed by atoms with Gasteiger partial charge in [-0.25, -0.2) is 0 Å². The second kappa shape index (κ2) is 8.71. The number of allylic oxidation sites excluding steroid dienone is 1. The molecular formula is C31H48O3Si. The minimum Gasteiger partial charge on any atom is -0.393 e. The van der Waals surface area contributed by atoms with Crippen molar-refractivity contribution in [2.24, 2.45) is 28.6 Å². The first-order valence-corrected chi connectivity index (χ1v) is 16.2. The maximum absolute atomic E-state index is 12.3. The van der Waals surface area contributed by atoms with Crippen LogP contribution in [0.15, 0.2) is 23.8 Å². The molecule has 0 unspecified atom stereocenters. The summed E-state index contributed by atoms with van der Waals surface area (Å²) in [6, 6.07) is 0. The zero-order valence-corrected chi connectivity index (χ0v) is 24.4. The van der Waals surface area contributed by atoms with Crippen molar-refractivity contribution >= 4 is 13.9 Å². The lowest BCUT2D eigenvalue weighted by atomic mass is 9.45. The Balaban J connectivity index is 1.77. The summed E-state index contributed by atoms with van der Waals surface area (Å²) in [5, 5.41) is 24.0. The minimum absolute atomic E-state index is 0.125. The second-order valence-electron chi connectivity index (χ2n) is 13.7. The van der Waals surface area contributed by atoms with E-state index >= 15 is 0 Å². The van der Waals surface area contributed by atoms with Crippen LogP contribution in [0.1, 0.15) is 93.9 Å². The number of hydrogen-bond acceptors (Lipinski definition) is 3. The van der Waals surface area contributed by atoms with Crippen LogP contribution in [0.25, 0.3) is 0 Å². The van der Waals surface area contributed by atoms with Gasteiger partial charge in [-0.15, -0.1) is 5.54 Å². The van der Waals surface area contributed by atoms with E-state index in [1.54, 1.807) is 0 Å². The van der Waals surface area contributed by atoms with Crippen LogP contribution >= 0.6 is 0 Å². The van der Waals surface area contributed by atoms with Crippen molar-refractivity contribution in [1.82, 2.24) is 0 Å². The minimum atomic E-state index is -2.02. The number of carbonyl (C=O) groups excluding carboxylic acids is 1. The average Bonchev–Trinajstić information content (AvgIpc) is 2.94. The summed E-state index contributed by atoms with van der Waals surface area (Å²) in [5.41, 5.74) is 5.47. The van der Waals surface area contributed by atoms with Crippen molar-refractivity contribution in [2.75, 3.05) is 0 Å². The van der Waals surface area contributed by atoms with Gasteiger partial charge in [0.15, 0.2) is 11.4 Å². The zero-order chi connectivity index (χ0) is 26.1. The molecule has 0 aromatic carbocycles. The van der Waals surface area contributed by atoms with E-state index in [1.165, 1.54) is 5.57 Å². The topological polar surface area (TPSA) is 57.5 Å². The van der Waals surface area contributed by atoms with Crippen molar-refractivity contribution < 1.29 is 15.0 Å². The van der Waals surface area contributed by atoms with E-state index < -0.39 is 25.2 Å². The first-order chi connectivity index (χ1) is 16.1. The van der Waals surface area contributed by atoms with Gasteiger partial charge in [-0.05, 0) is 83.5 Å². The van der Waals surface area contributed by atoms with Crippen molar-refractivity contribution in [3.8, 4) is 11.5 Å². The fourth-order valence-electron chi connectivity index (χ4n) is 9.51. The molecule has 3 nitrogen and oxygen atoms in total. The number of carbonyl (C=O) groups is 1. The fourth-order valence-corrected chi connectivity index (χ4v) is 14.8. The lowest BCUT2D eigenvalue weighted by molar-refractivity contribution is -0.153. The Kier molecular flexibility index (Phi) is 6.69. The van der Waals surface area contributed by atoms with Crippen LogP contribution in [0.5, 0.6) is 0 Å². The summed E-state index contributed by atoms with van der Waals surface area (Å²) in [7, 11) is -2.02. The lowest BCUT2D eigenvalue weighted by Crippen LogP contribution is -2.59. The molecule has 4 aliphatic carbocycles. The molecule has 35 heavy (non-hydrogen) atoms. The van der Waals surface area contributed by atoms with Gasteiger partial charge in [0, 0.05) is 11.8 Å². The Morgan fingerprint density at radius 1 is 1.09 bits per heavy atom. The van der Waals surface area contributed by atoms with Gasteiger partial charge in [-0.3, -0.25) is 4.79 Å². The molecule has 0 amide bonds. The molecule has 7 atom stereocenters. The summed E-state index contributed by atoms with van der Waals surface area (Å²) in [6.45, 7) is 22.7. The number of aliphatic hydroxyl groups is 2. The molecule has 0 aromatic heterocycles. The Morgan fingerprint density at radius 2 is 1.69 bits per heavy atom. The number of rotatable bonds is 3. The predicted octanol–water partition coefficient (Wildman–Crippen LogP) is 6.61. The van der Waals surface area contributed by atoms with E-state index in [9.17, 15) is 15.0 Å². The molecule has 3 fully saturated rings. The maximum Gasteiger partial charge on any atom is 0.155 e. The van der Waals surface area contributed by atoms with E-state index in [2.05, 4.69) is 73.4 Å². The summed E-state index contributed by atoms with van der Waals surface area (Å²) >= 11 is 0. The Morgan fingerprint density at radius 3 is 2.26 bits per heavy atom. The van der Waals surface area contributed by atoms with Gasteiger partial charge in [0.2, 0.25) is 0 Å². The molecule has 3 saturated carbocycles. The third kappa shape index (κ3) is 3.63. The molecule has 194 valence electrons. The fraction of sp³-hybridized carbons (Fsp3) is 0.774. The molecule has 0 spiro atoms. The molecule has 0 saturated heterocycles. The molecule has 2 N–H and O–H groups in total. The third-order valence-corrected chi connectivity index (χ3v) is 17.7. The van der Waals surface area contributed by atoms with Gasteiger partial charge in [0.25, 0.3) is 0 Å². The van der Waals surface area contributed by atoms with Crippen molar-refractivity contribution in [3.05, 3.63) is 23.8 Å². The van der Waals surface area contributed by atoms with Crippen LogP contribution in [0, 0.1) is 40.0 Å². The first kappa shape index (κ1) is 26.9. The van der Waals surface area contributed by atoms with Gasteiger partial charge in [0.1, 0.15) is 8.07 Å². The van der Waals surface area contributed by atoms with Crippen molar-refractivity contribution in [2.45, 2.75) is 122 Å². The second-order valence-corrected chi connectivity index (χ2v) is 19.3. The monoisotopic (exact) mass is 496 g/mol. The summed E-state index contributed by atoms with van der Waals surface area (Å²) in [5.74, 6) is 4.46. The van der Waals surface area contributed by atoms with Gasteiger partial charge in [-0.1, -0.05) is 73.5 Å². The standard InChI is InChI=1S/C31H48O3Si/c1-19(2)35(20(3)4,21(5)6)15-14-31(34)22(7)16-26-25-11-10-23-17-24(32)12-13-29(23,8)28(25)27(33)18-30(26,31)9/h17,19-21,25-28,33-34H,7,10-13,16,18H2,1-6,8-9H3/t25-,26-,27-,28+,29-,30-,31-/m0/s1. The molecule has 0 bridgehead atoms. The Hall–Kier alpha value is -1.15. The van der Waals surface area contributed by atoms with Gasteiger partial charge in [-0.2, -0.15) is 0 Å². The van der Waals surface area contributed by atoms with Gasteiger partial charge >= 0.3 is 0 Å². The number of fused-ring (bicyclic) bond motifs is 5. The normalized spacial score (nSPS) is 41.3. The molecule has 0 heterocycles. The van der Waals surface area contributed by atoms with Crippen LogP contribution in [0.4, 0.5) is 0 Å².